The summed E-state index contributed by atoms with van der Waals surface area (Å²) >= 11 is 3.41. The molecule has 0 N–H and O–H groups in total. The largest absolute Gasteiger partial charge is 0.371 e. The molecular formula is C21H24BrFN2O. The predicted octanol–water partition coefficient (Wildman–Crippen LogP) is 4.54. The summed E-state index contributed by atoms with van der Waals surface area (Å²) in [6, 6.07) is 12.7. The van der Waals surface area contributed by atoms with E-state index < -0.39 is 0 Å². The molecule has 0 amide bonds. The molecule has 0 bridgehead atoms. The molecule has 1 heterocycles. The molecule has 0 spiro atoms. The van der Waals surface area contributed by atoms with Crippen LogP contribution >= 0.6 is 15.9 Å². The average Bonchev–Trinajstić information content (AvgIpc) is 2.61. The number of carbonyl (C=O) groups is 1. The molecule has 1 saturated heterocycles. The van der Waals surface area contributed by atoms with Crippen LogP contribution in [0.2, 0.25) is 0 Å². The summed E-state index contributed by atoms with van der Waals surface area (Å²) in [4.78, 5) is 17.1. The van der Waals surface area contributed by atoms with Crippen molar-refractivity contribution >= 4 is 27.4 Å². The summed E-state index contributed by atoms with van der Waals surface area (Å²) in [7, 11) is 4.15. The van der Waals surface area contributed by atoms with Crippen LogP contribution in [-0.4, -0.2) is 43.9 Å². The van der Waals surface area contributed by atoms with Gasteiger partial charge in [0.1, 0.15) is 5.82 Å². The van der Waals surface area contributed by atoms with E-state index in [1.165, 1.54) is 6.07 Å². The number of halogens is 2. The maximum absolute atomic E-state index is 14.2. The van der Waals surface area contributed by atoms with Gasteiger partial charge in [-0.1, -0.05) is 34.1 Å². The molecule has 0 radical (unpaired) electrons. The van der Waals surface area contributed by atoms with E-state index in [9.17, 15) is 9.18 Å². The monoisotopic (exact) mass is 418 g/mol. The number of hydrogen-bond acceptors (Lipinski definition) is 3. The number of benzene rings is 2. The zero-order valence-corrected chi connectivity index (χ0v) is 16.8. The zero-order valence-electron chi connectivity index (χ0n) is 15.2. The van der Waals surface area contributed by atoms with Crippen LogP contribution in [0.3, 0.4) is 0 Å². The van der Waals surface area contributed by atoms with Gasteiger partial charge in [-0.3, -0.25) is 4.79 Å². The normalized spacial score (nSPS) is 15.8. The van der Waals surface area contributed by atoms with Gasteiger partial charge in [0.05, 0.1) is 0 Å². The fourth-order valence-electron chi connectivity index (χ4n) is 3.50. The average molecular weight is 419 g/mol. The second-order valence-electron chi connectivity index (χ2n) is 7.04. The first-order valence-corrected chi connectivity index (χ1v) is 9.72. The van der Waals surface area contributed by atoms with Crippen LogP contribution in [0.5, 0.6) is 0 Å². The minimum absolute atomic E-state index is 0.0176. The number of likely N-dealkylation sites (tertiary alicyclic amines) is 1. The number of nitrogens with zero attached hydrogens (tertiary/aromatic N) is 2. The van der Waals surface area contributed by atoms with E-state index >= 15 is 0 Å². The third-order valence-corrected chi connectivity index (χ3v) is 5.82. The molecule has 3 rings (SSSR count). The van der Waals surface area contributed by atoms with Crippen LogP contribution in [0.25, 0.3) is 0 Å². The number of hydrogen-bond donors (Lipinski definition) is 0. The second-order valence-corrected chi connectivity index (χ2v) is 7.90. The van der Waals surface area contributed by atoms with Gasteiger partial charge in [0.2, 0.25) is 0 Å². The molecule has 0 atom stereocenters. The Hall–Kier alpha value is -1.72. The Labute approximate surface area is 162 Å². The van der Waals surface area contributed by atoms with Crippen molar-refractivity contribution in [2.24, 2.45) is 0 Å². The quantitative estimate of drug-likeness (QED) is 0.665. The third-order valence-electron chi connectivity index (χ3n) is 5.12. The van der Waals surface area contributed by atoms with E-state index in [0.717, 1.165) is 36.1 Å². The Balaban J connectivity index is 1.77. The highest BCUT2D eigenvalue weighted by atomic mass is 79.9. The predicted molar refractivity (Wildman–Crippen MR) is 107 cm³/mol. The summed E-state index contributed by atoms with van der Waals surface area (Å²) in [6.45, 7) is 2.11. The van der Waals surface area contributed by atoms with Crippen LogP contribution in [0.4, 0.5) is 10.1 Å². The van der Waals surface area contributed by atoms with Crippen molar-refractivity contribution in [2.75, 3.05) is 32.1 Å². The van der Waals surface area contributed by atoms with E-state index in [2.05, 4.69) is 32.8 Å². The molecule has 0 aromatic heterocycles. The molecule has 0 saturated carbocycles. The molecule has 1 fully saturated rings. The van der Waals surface area contributed by atoms with Gasteiger partial charge < -0.3 is 9.80 Å². The van der Waals surface area contributed by atoms with Gasteiger partial charge in [0, 0.05) is 35.2 Å². The molecule has 1 aliphatic heterocycles. The smallest absolute Gasteiger partial charge is 0.168 e. The van der Waals surface area contributed by atoms with Crippen LogP contribution in [0.15, 0.2) is 46.9 Å². The summed E-state index contributed by atoms with van der Waals surface area (Å²) in [6.07, 6.45) is 2.32. The van der Waals surface area contributed by atoms with Crippen LogP contribution in [0, 0.1) is 5.82 Å². The lowest BCUT2D eigenvalue weighted by Gasteiger charge is -2.36. The van der Waals surface area contributed by atoms with Crippen molar-refractivity contribution < 1.29 is 9.18 Å². The highest BCUT2D eigenvalue weighted by Crippen LogP contribution is 2.25. The van der Waals surface area contributed by atoms with Gasteiger partial charge in [-0.2, -0.15) is 0 Å². The molecule has 5 heteroatoms. The summed E-state index contributed by atoms with van der Waals surface area (Å²) in [5, 5.41) is 0. The Kier molecular flexibility index (Phi) is 6.09. The Morgan fingerprint density at radius 1 is 1.23 bits per heavy atom. The molecule has 1 aliphatic rings. The molecule has 2 aromatic carbocycles. The van der Waals surface area contributed by atoms with Crippen molar-refractivity contribution in [3.8, 4) is 0 Å². The third kappa shape index (κ3) is 4.51. The molecular weight excluding hydrogens is 395 g/mol. The van der Waals surface area contributed by atoms with Crippen molar-refractivity contribution in [1.29, 1.82) is 0 Å². The Morgan fingerprint density at radius 3 is 2.62 bits per heavy atom. The molecule has 0 aliphatic carbocycles. The van der Waals surface area contributed by atoms with Gasteiger partial charge in [-0.05, 0) is 62.8 Å². The van der Waals surface area contributed by atoms with E-state index in [0.29, 0.717) is 17.2 Å². The first kappa shape index (κ1) is 19.1. The lowest BCUT2D eigenvalue weighted by atomic mass is 10.0. The number of carbonyl (C=O) groups excluding carboxylic acids is 1. The first-order chi connectivity index (χ1) is 12.4. The second kappa shape index (κ2) is 8.31. The van der Waals surface area contributed by atoms with Crippen LogP contribution in [-0.2, 0) is 6.42 Å². The van der Waals surface area contributed by atoms with Crippen LogP contribution < -0.4 is 4.90 Å². The van der Waals surface area contributed by atoms with Gasteiger partial charge in [0.25, 0.3) is 0 Å². The van der Waals surface area contributed by atoms with E-state index in [1.54, 1.807) is 12.1 Å². The SMILES string of the molecule is CN1CCC(N(C)c2cc(F)cc(CC(=O)c3ccccc3Br)c2)CC1. The van der Waals surface area contributed by atoms with Gasteiger partial charge in [0.15, 0.2) is 5.78 Å². The number of ketones is 1. The first-order valence-electron chi connectivity index (χ1n) is 8.92. The number of piperidine rings is 1. The van der Waals surface area contributed by atoms with Crippen molar-refractivity contribution in [2.45, 2.75) is 25.3 Å². The summed E-state index contributed by atoms with van der Waals surface area (Å²) < 4.78 is 15.0. The minimum Gasteiger partial charge on any atom is -0.371 e. The van der Waals surface area contributed by atoms with E-state index in [-0.39, 0.29) is 18.0 Å². The fraction of sp³-hybridized carbons (Fsp3) is 0.381. The summed E-state index contributed by atoms with van der Waals surface area (Å²) in [5.41, 5.74) is 2.18. The van der Waals surface area contributed by atoms with Gasteiger partial charge in [-0.25, -0.2) is 4.39 Å². The molecule has 0 unspecified atom stereocenters. The van der Waals surface area contributed by atoms with Crippen molar-refractivity contribution in [1.82, 2.24) is 4.90 Å². The highest BCUT2D eigenvalue weighted by molar-refractivity contribution is 9.10. The Morgan fingerprint density at radius 2 is 1.92 bits per heavy atom. The topological polar surface area (TPSA) is 23.6 Å². The zero-order chi connectivity index (χ0) is 18.7. The maximum atomic E-state index is 14.2. The highest BCUT2D eigenvalue weighted by Gasteiger charge is 2.22. The molecule has 138 valence electrons. The molecule has 2 aromatic rings. The lowest BCUT2D eigenvalue weighted by Crippen LogP contribution is -2.42. The number of anilines is 1. The Bertz CT molecular complexity index is 787. The lowest BCUT2D eigenvalue weighted by molar-refractivity contribution is 0.0992. The number of rotatable bonds is 5. The number of Topliss-reactive ketones (excluding diaryl/α,β-unsaturated/α-hetero) is 1. The van der Waals surface area contributed by atoms with Crippen molar-refractivity contribution in [3.63, 3.8) is 0 Å². The summed E-state index contributed by atoms with van der Waals surface area (Å²) in [5.74, 6) is -0.312. The van der Waals surface area contributed by atoms with E-state index in [1.807, 2.05) is 31.3 Å². The molecule has 3 nitrogen and oxygen atoms in total. The molecule has 26 heavy (non-hydrogen) atoms. The van der Waals surface area contributed by atoms with Gasteiger partial charge >= 0.3 is 0 Å². The van der Waals surface area contributed by atoms with Gasteiger partial charge in [-0.15, -0.1) is 0 Å². The van der Waals surface area contributed by atoms with Crippen LogP contribution in [0.1, 0.15) is 28.8 Å². The maximum Gasteiger partial charge on any atom is 0.168 e. The standard InChI is InChI=1S/C21H24BrFN2O/c1-24-9-7-17(8-10-24)25(2)18-12-15(11-16(23)14-18)13-21(26)19-5-3-4-6-20(19)22/h3-6,11-12,14,17H,7-10,13H2,1-2H3. The van der Waals surface area contributed by atoms with Crippen molar-refractivity contribution in [3.05, 3.63) is 63.9 Å². The van der Waals surface area contributed by atoms with E-state index in [4.69, 9.17) is 0 Å². The minimum atomic E-state index is -0.294. The fourth-order valence-corrected chi connectivity index (χ4v) is 4.01.